The SMILES string of the molecule is CCCC(OCC)C(NCC)C1CCCOC1. The molecule has 1 heterocycles. The average Bonchev–Trinajstić information content (AvgIpc) is 2.37. The number of rotatable bonds is 8. The normalized spacial score (nSPS) is 24.5. The number of hydrogen-bond acceptors (Lipinski definition) is 3. The molecule has 0 aromatic heterocycles. The van der Waals surface area contributed by atoms with E-state index in [0.717, 1.165) is 32.8 Å². The van der Waals surface area contributed by atoms with Gasteiger partial charge in [0.15, 0.2) is 0 Å². The first kappa shape index (κ1) is 14.9. The molecular formula is C14H29NO2. The molecule has 1 rings (SSSR count). The molecule has 0 saturated carbocycles. The third-order valence-electron chi connectivity index (χ3n) is 3.50. The van der Waals surface area contributed by atoms with Crippen LogP contribution in [0.4, 0.5) is 0 Å². The molecule has 0 bridgehead atoms. The first-order valence-electron chi connectivity index (χ1n) is 7.26. The second-order valence-corrected chi connectivity index (χ2v) is 4.84. The molecule has 0 amide bonds. The van der Waals surface area contributed by atoms with Crippen LogP contribution in [0.25, 0.3) is 0 Å². The van der Waals surface area contributed by atoms with Crippen LogP contribution in [0.3, 0.4) is 0 Å². The van der Waals surface area contributed by atoms with E-state index in [4.69, 9.17) is 9.47 Å². The van der Waals surface area contributed by atoms with E-state index >= 15 is 0 Å². The molecule has 3 unspecified atom stereocenters. The van der Waals surface area contributed by atoms with Crippen molar-refractivity contribution >= 4 is 0 Å². The highest BCUT2D eigenvalue weighted by atomic mass is 16.5. The monoisotopic (exact) mass is 243 g/mol. The number of hydrogen-bond donors (Lipinski definition) is 1. The molecule has 0 spiro atoms. The minimum atomic E-state index is 0.344. The van der Waals surface area contributed by atoms with Gasteiger partial charge >= 0.3 is 0 Å². The average molecular weight is 243 g/mol. The third-order valence-corrected chi connectivity index (χ3v) is 3.50. The fourth-order valence-corrected chi connectivity index (χ4v) is 2.75. The summed E-state index contributed by atoms with van der Waals surface area (Å²) in [7, 11) is 0. The Morgan fingerprint density at radius 2 is 2.18 bits per heavy atom. The Labute approximate surface area is 106 Å². The van der Waals surface area contributed by atoms with Gasteiger partial charge in [0.1, 0.15) is 0 Å². The molecule has 3 heteroatoms. The van der Waals surface area contributed by atoms with E-state index in [9.17, 15) is 0 Å². The molecule has 1 aliphatic heterocycles. The molecule has 3 nitrogen and oxygen atoms in total. The lowest BCUT2D eigenvalue weighted by Gasteiger charge is -2.36. The third kappa shape index (κ3) is 4.94. The zero-order valence-corrected chi connectivity index (χ0v) is 11.7. The van der Waals surface area contributed by atoms with E-state index in [1.807, 2.05) is 0 Å². The van der Waals surface area contributed by atoms with E-state index in [1.165, 1.54) is 19.3 Å². The predicted octanol–water partition coefficient (Wildman–Crippen LogP) is 2.60. The van der Waals surface area contributed by atoms with Gasteiger partial charge in [0.05, 0.1) is 12.7 Å². The predicted molar refractivity (Wildman–Crippen MR) is 71.3 cm³/mol. The van der Waals surface area contributed by atoms with Crippen molar-refractivity contribution in [3.8, 4) is 0 Å². The van der Waals surface area contributed by atoms with Crippen molar-refractivity contribution in [1.29, 1.82) is 0 Å². The largest absolute Gasteiger partial charge is 0.381 e. The summed E-state index contributed by atoms with van der Waals surface area (Å²) >= 11 is 0. The van der Waals surface area contributed by atoms with Crippen LogP contribution in [0.1, 0.15) is 46.5 Å². The van der Waals surface area contributed by atoms with Gasteiger partial charge in [0, 0.05) is 25.2 Å². The van der Waals surface area contributed by atoms with E-state index in [-0.39, 0.29) is 0 Å². The first-order chi connectivity index (χ1) is 8.33. The van der Waals surface area contributed by atoms with Crippen LogP contribution >= 0.6 is 0 Å². The molecule has 3 atom stereocenters. The van der Waals surface area contributed by atoms with E-state index in [1.54, 1.807) is 0 Å². The minimum absolute atomic E-state index is 0.344. The van der Waals surface area contributed by atoms with Crippen molar-refractivity contribution in [3.63, 3.8) is 0 Å². The van der Waals surface area contributed by atoms with Crippen LogP contribution in [0.5, 0.6) is 0 Å². The van der Waals surface area contributed by atoms with Gasteiger partial charge in [-0.1, -0.05) is 20.3 Å². The van der Waals surface area contributed by atoms with Crippen molar-refractivity contribution in [2.24, 2.45) is 5.92 Å². The standard InChI is InChI=1S/C14H29NO2/c1-4-8-13(17-6-3)14(15-5-2)12-9-7-10-16-11-12/h12-15H,4-11H2,1-3H3. The van der Waals surface area contributed by atoms with Crippen molar-refractivity contribution in [3.05, 3.63) is 0 Å². The molecule has 0 aliphatic carbocycles. The molecule has 17 heavy (non-hydrogen) atoms. The fourth-order valence-electron chi connectivity index (χ4n) is 2.75. The van der Waals surface area contributed by atoms with Gasteiger partial charge in [-0.3, -0.25) is 0 Å². The second kappa shape index (κ2) is 8.90. The molecule has 1 saturated heterocycles. The summed E-state index contributed by atoms with van der Waals surface area (Å²) in [5.74, 6) is 0.617. The van der Waals surface area contributed by atoms with Gasteiger partial charge in [0.25, 0.3) is 0 Å². The number of nitrogens with one attached hydrogen (secondary N) is 1. The smallest absolute Gasteiger partial charge is 0.0731 e. The molecule has 0 radical (unpaired) electrons. The summed E-state index contributed by atoms with van der Waals surface area (Å²) in [5.41, 5.74) is 0. The van der Waals surface area contributed by atoms with Gasteiger partial charge in [-0.2, -0.15) is 0 Å². The maximum absolute atomic E-state index is 5.93. The van der Waals surface area contributed by atoms with E-state index in [2.05, 4.69) is 26.1 Å². The highest BCUT2D eigenvalue weighted by Gasteiger charge is 2.30. The lowest BCUT2D eigenvalue weighted by molar-refractivity contribution is -0.0258. The Morgan fingerprint density at radius 3 is 2.71 bits per heavy atom. The van der Waals surface area contributed by atoms with Gasteiger partial charge in [-0.15, -0.1) is 0 Å². The van der Waals surface area contributed by atoms with Gasteiger partial charge in [-0.25, -0.2) is 0 Å². The lowest BCUT2D eigenvalue weighted by Crippen LogP contribution is -2.49. The Kier molecular flexibility index (Phi) is 7.82. The molecule has 1 N–H and O–H groups in total. The molecule has 1 fully saturated rings. The first-order valence-corrected chi connectivity index (χ1v) is 7.26. The van der Waals surface area contributed by atoms with Crippen LogP contribution in [0.15, 0.2) is 0 Å². The number of ether oxygens (including phenoxy) is 2. The van der Waals surface area contributed by atoms with Gasteiger partial charge in [0.2, 0.25) is 0 Å². The Bertz CT molecular complexity index is 175. The molecular weight excluding hydrogens is 214 g/mol. The Morgan fingerprint density at radius 1 is 1.35 bits per heavy atom. The summed E-state index contributed by atoms with van der Waals surface area (Å²) in [6, 6.07) is 0.459. The molecule has 0 aromatic carbocycles. The van der Waals surface area contributed by atoms with Crippen molar-refractivity contribution in [2.75, 3.05) is 26.4 Å². The quantitative estimate of drug-likeness (QED) is 0.711. The Balaban J connectivity index is 2.58. The fraction of sp³-hybridized carbons (Fsp3) is 1.00. The summed E-state index contributed by atoms with van der Waals surface area (Å²) in [5, 5.41) is 3.62. The summed E-state index contributed by atoms with van der Waals surface area (Å²) in [6.45, 7) is 10.1. The zero-order chi connectivity index (χ0) is 12.5. The van der Waals surface area contributed by atoms with Crippen molar-refractivity contribution < 1.29 is 9.47 Å². The maximum Gasteiger partial charge on any atom is 0.0731 e. The summed E-state index contributed by atoms with van der Waals surface area (Å²) in [6.07, 6.45) is 5.13. The zero-order valence-electron chi connectivity index (χ0n) is 11.7. The molecule has 102 valence electrons. The van der Waals surface area contributed by atoms with Crippen LogP contribution in [-0.2, 0) is 9.47 Å². The second-order valence-electron chi connectivity index (χ2n) is 4.84. The maximum atomic E-state index is 5.93. The van der Waals surface area contributed by atoms with Crippen molar-refractivity contribution in [1.82, 2.24) is 5.32 Å². The van der Waals surface area contributed by atoms with Gasteiger partial charge in [-0.05, 0) is 32.7 Å². The van der Waals surface area contributed by atoms with Crippen LogP contribution in [0.2, 0.25) is 0 Å². The topological polar surface area (TPSA) is 30.5 Å². The number of likely N-dealkylation sites (N-methyl/N-ethyl adjacent to an activating group) is 1. The molecule has 0 aromatic rings. The lowest BCUT2D eigenvalue weighted by atomic mass is 9.88. The minimum Gasteiger partial charge on any atom is -0.381 e. The summed E-state index contributed by atoms with van der Waals surface area (Å²) in [4.78, 5) is 0. The highest BCUT2D eigenvalue weighted by Crippen LogP contribution is 2.23. The Hall–Kier alpha value is -0.120. The van der Waals surface area contributed by atoms with E-state index < -0.39 is 0 Å². The van der Waals surface area contributed by atoms with Gasteiger partial charge < -0.3 is 14.8 Å². The van der Waals surface area contributed by atoms with Crippen LogP contribution in [-0.4, -0.2) is 38.5 Å². The molecule has 1 aliphatic rings. The highest BCUT2D eigenvalue weighted by molar-refractivity contribution is 4.85. The van der Waals surface area contributed by atoms with Crippen molar-refractivity contribution in [2.45, 2.75) is 58.6 Å². The van der Waals surface area contributed by atoms with Crippen LogP contribution < -0.4 is 5.32 Å². The van der Waals surface area contributed by atoms with Crippen LogP contribution in [0, 0.1) is 5.92 Å². The van der Waals surface area contributed by atoms with E-state index in [0.29, 0.717) is 18.1 Å². The summed E-state index contributed by atoms with van der Waals surface area (Å²) < 4.78 is 11.6.